The summed E-state index contributed by atoms with van der Waals surface area (Å²) in [4.78, 5) is 23.5. The second-order valence-corrected chi connectivity index (χ2v) is 7.31. The molecule has 0 unspecified atom stereocenters. The number of hydrogen-bond acceptors (Lipinski definition) is 6. The average Bonchev–Trinajstić information content (AvgIpc) is 3.50. The first-order valence-corrected chi connectivity index (χ1v) is 9.36. The van der Waals surface area contributed by atoms with Crippen LogP contribution in [-0.2, 0) is 11.3 Å². The Morgan fingerprint density at radius 2 is 2.12 bits per heavy atom. The van der Waals surface area contributed by atoms with Gasteiger partial charge in [-0.25, -0.2) is 4.79 Å². The van der Waals surface area contributed by atoms with Gasteiger partial charge in [0.1, 0.15) is 11.6 Å². The minimum absolute atomic E-state index is 0.110. The van der Waals surface area contributed by atoms with E-state index >= 15 is 0 Å². The Labute approximate surface area is 148 Å². The summed E-state index contributed by atoms with van der Waals surface area (Å²) in [7, 11) is 0. The fraction of sp³-hybridized carbons (Fsp3) is 0.500. The van der Waals surface area contributed by atoms with Crippen LogP contribution >= 0.6 is 11.8 Å². The third-order valence-corrected chi connectivity index (χ3v) is 5.05. The lowest BCUT2D eigenvalue weighted by atomic mass is 10.3. The predicted molar refractivity (Wildman–Crippen MR) is 90.2 cm³/mol. The van der Waals surface area contributed by atoms with E-state index in [0.29, 0.717) is 17.6 Å². The molecule has 0 bridgehead atoms. The molecule has 132 valence electrons. The number of amides is 3. The summed E-state index contributed by atoms with van der Waals surface area (Å²) in [5.41, 5.74) is 0. The lowest BCUT2D eigenvalue weighted by Crippen LogP contribution is -2.41. The van der Waals surface area contributed by atoms with Crippen LogP contribution in [0.3, 0.4) is 0 Å². The van der Waals surface area contributed by atoms with Gasteiger partial charge in [-0.05, 0) is 37.8 Å². The molecule has 2 aromatic rings. The number of furan rings is 1. The summed E-state index contributed by atoms with van der Waals surface area (Å²) in [5, 5.41) is 14.2. The summed E-state index contributed by atoms with van der Waals surface area (Å²) in [6, 6.07) is 3.54. The number of aromatic nitrogens is 3. The van der Waals surface area contributed by atoms with Crippen LogP contribution in [-0.4, -0.2) is 38.5 Å². The van der Waals surface area contributed by atoms with Crippen molar-refractivity contribution in [3.63, 3.8) is 0 Å². The van der Waals surface area contributed by atoms with Gasteiger partial charge in [-0.2, -0.15) is 0 Å². The van der Waals surface area contributed by atoms with Gasteiger partial charge in [0.2, 0.25) is 5.91 Å². The van der Waals surface area contributed by atoms with Crippen molar-refractivity contribution < 1.29 is 14.0 Å². The minimum Gasteiger partial charge on any atom is -0.467 e. The molecule has 2 heterocycles. The molecule has 0 aliphatic heterocycles. The largest absolute Gasteiger partial charge is 0.467 e. The molecule has 2 saturated carbocycles. The van der Waals surface area contributed by atoms with Crippen LogP contribution in [0.5, 0.6) is 0 Å². The number of hydrogen-bond donors (Lipinski definition) is 2. The van der Waals surface area contributed by atoms with Crippen molar-refractivity contribution in [2.24, 2.45) is 0 Å². The number of carbonyl (C=O) groups is 2. The predicted octanol–water partition coefficient (Wildman–Crippen LogP) is 1.88. The maximum absolute atomic E-state index is 11.9. The molecule has 25 heavy (non-hydrogen) atoms. The monoisotopic (exact) mass is 361 g/mol. The molecule has 2 aliphatic carbocycles. The fourth-order valence-electron chi connectivity index (χ4n) is 2.50. The molecule has 0 atom stereocenters. The van der Waals surface area contributed by atoms with Crippen LogP contribution in [0.25, 0.3) is 0 Å². The Bertz CT molecular complexity index is 765. The lowest BCUT2D eigenvalue weighted by molar-refractivity contribution is -0.117. The molecule has 0 spiro atoms. The smallest absolute Gasteiger partial charge is 0.321 e. The Kier molecular flexibility index (Phi) is 4.48. The molecule has 3 amide bonds. The quantitative estimate of drug-likeness (QED) is 0.730. The van der Waals surface area contributed by atoms with E-state index in [4.69, 9.17) is 4.42 Å². The van der Waals surface area contributed by atoms with E-state index in [2.05, 4.69) is 20.8 Å². The number of rotatable bonds is 7. The maximum Gasteiger partial charge on any atom is 0.321 e. The van der Waals surface area contributed by atoms with Gasteiger partial charge in [0, 0.05) is 12.0 Å². The summed E-state index contributed by atoms with van der Waals surface area (Å²) >= 11 is 1.28. The van der Waals surface area contributed by atoms with Crippen LogP contribution in [0.2, 0.25) is 0 Å². The third-order valence-electron chi connectivity index (χ3n) is 4.08. The fourth-order valence-corrected chi connectivity index (χ4v) is 3.24. The Morgan fingerprint density at radius 3 is 2.80 bits per heavy atom. The zero-order valence-electron chi connectivity index (χ0n) is 13.6. The van der Waals surface area contributed by atoms with Gasteiger partial charge >= 0.3 is 6.03 Å². The molecule has 8 nitrogen and oxygen atoms in total. The van der Waals surface area contributed by atoms with Gasteiger partial charge in [-0.3, -0.25) is 14.7 Å². The van der Waals surface area contributed by atoms with Crippen LogP contribution in [0.15, 0.2) is 28.0 Å². The van der Waals surface area contributed by atoms with E-state index in [0.717, 1.165) is 37.3 Å². The van der Waals surface area contributed by atoms with Gasteiger partial charge in [0.25, 0.3) is 0 Å². The first-order valence-electron chi connectivity index (χ1n) is 8.37. The van der Waals surface area contributed by atoms with Gasteiger partial charge in [0.15, 0.2) is 5.16 Å². The van der Waals surface area contributed by atoms with Gasteiger partial charge in [-0.1, -0.05) is 11.8 Å². The SMILES string of the molecule is O=C(CSc1nnc(C2CC2)n1Cc1ccco1)NC(=O)NC1CC1. The van der Waals surface area contributed by atoms with Crippen molar-refractivity contribution in [3.05, 3.63) is 30.0 Å². The lowest BCUT2D eigenvalue weighted by Gasteiger charge is -2.08. The normalized spacial score (nSPS) is 16.6. The highest BCUT2D eigenvalue weighted by atomic mass is 32.2. The molecule has 0 aromatic carbocycles. The molecule has 4 rings (SSSR count). The molecular weight excluding hydrogens is 342 g/mol. The number of nitrogens with zero attached hydrogens (tertiary/aromatic N) is 3. The van der Waals surface area contributed by atoms with Crippen molar-refractivity contribution in [1.82, 2.24) is 25.4 Å². The minimum atomic E-state index is -0.427. The third kappa shape index (κ3) is 4.22. The van der Waals surface area contributed by atoms with Gasteiger partial charge in [-0.15, -0.1) is 10.2 Å². The first-order chi connectivity index (χ1) is 12.2. The van der Waals surface area contributed by atoms with E-state index < -0.39 is 6.03 Å². The van der Waals surface area contributed by atoms with Crippen LogP contribution in [0, 0.1) is 0 Å². The highest BCUT2D eigenvalue weighted by molar-refractivity contribution is 7.99. The molecule has 0 saturated heterocycles. The summed E-state index contributed by atoms with van der Waals surface area (Å²) in [5.74, 6) is 1.96. The highest BCUT2D eigenvalue weighted by Gasteiger charge is 2.31. The Morgan fingerprint density at radius 1 is 1.28 bits per heavy atom. The number of nitrogens with one attached hydrogen (secondary N) is 2. The van der Waals surface area contributed by atoms with E-state index in [-0.39, 0.29) is 17.7 Å². The number of imide groups is 1. The Hall–Kier alpha value is -2.29. The van der Waals surface area contributed by atoms with Crippen molar-refractivity contribution in [3.8, 4) is 0 Å². The first kappa shape index (κ1) is 16.2. The van der Waals surface area contributed by atoms with Crippen molar-refractivity contribution in [1.29, 1.82) is 0 Å². The molecule has 2 N–H and O–H groups in total. The zero-order chi connectivity index (χ0) is 17.2. The van der Waals surface area contributed by atoms with E-state index in [9.17, 15) is 9.59 Å². The van der Waals surface area contributed by atoms with Crippen LogP contribution < -0.4 is 10.6 Å². The van der Waals surface area contributed by atoms with Gasteiger partial charge < -0.3 is 9.73 Å². The molecule has 2 aliphatic rings. The summed E-state index contributed by atoms with van der Waals surface area (Å²) < 4.78 is 7.42. The maximum atomic E-state index is 11.9. The average molecular weight is 361 g/mol. The zero-order valence-corrected chi connectivity index (χ0v) is 14.4. The summed E-state index contributed by atoms with van der Waals surface area (Å²) in [6.45, 7) is 0.540. The number of thioether (sulfide) groups is 1. The molecule has 0 radical (unpaired) electrons. The Balaban J connectivity index is 1.37. The molecule has 2 aromatic heterocycles. The highest BCUT2D eigenvalue weighted by Crippen LogP contribution is 2.40. The van der Waals surface area contributed by atoms with Crippen molar-refractivity contribution >= 4 is 23.7 Å². The molecular formula is C16H19N5O3S. The molecule has 2 fully saturated rings. The summed E-state index contributed by atoms with van der Waals surface area (Å²) in [6.07, 6.45) is 5.83. The van der Waals surface area contributed by atoms with Crippen LogP contribution in [0.4, 0.5) is 4.79 Å². The topological polar surface area (TPSA) is 102 Å². The van der Waals surface area contributed by atoms with E-state index in [1.807, 2.05) is 16.7 Å². The van der Waals surface area contributed by atoms with E-state index in [1.54, 1.807) is 6.26 Å². The second-order valence-electron chi connectivity index (χ2n) is 6.37. The number of urea groups is 1. The second kappa shape index (κ2) is 6.91. The van der Waals surface area contributed by atoms with Crippen LogP contribution in [0.1, 0.15) is 43.2 Å². The van der Waals surface area contributed by atoms with E-state index in [1.165, 1.54) is 11.8 Å². The standard InChI is InChI=1S/C16H19N5O3S/c22-13(18-15(23)17-11-5-6-11)9-25-16-20-19-14(10-3-4-10)21(16)8-12-2-1-7-24-12/h1-2,7,10-11H,3-6,8-9H2,(H2,17,18,22,23). The van der Waals surface area contributed by atoms with Crippen molar-refractivity contribution in [2.45, 2.75) is 49.3 Å². The van der Waals surface area contributed by atoms with Gasteiger partial charge in [0.05, 0.1) is 18.6 Å². The molecule has 9 heteroatoms. The number of carbonyl (C=O) groups excluding carboxylic acids is 2. The van der Waals surface area contributed by atoms with Crippen molar-refractivity contribution in [2.75, 3.05) is 5.75 Å².